The van der Waals surface area contributed by atoms with Crippen LogP contribution in [0.25, 0.3) is 0 Å². The molecule has 0 bridgehead atoms. The van der Waals surface area contributed by atoms with Gasteiger partial charge >= 0.3 is 0 Å². The molecule has 3 aromatic carbocycles. The minimum atomic E-state index is -0.655. The van der Waals surface area contributed by atoms with Crippen LogP contribution >= 0.6 is 0 Å². The van der Waals surface area contributed by atoms with Gasteiger partial charge in [0.1, 0.15) is 23.9 Å². The number of nitro groups is 1. The highest BCUT2D eigenvalue weighted by molar-refractivity contribution is 6.01. The lowest BCUT2D eigenvalue weighted by atomic mass is 9.73. The Morgan fingerprint density at radius 1 is 1.10 bits per heavy atom. The van der Waals surface area contributed by atoms with Crippen molar-refractivity contribution in [2.24, 2.45) is 5.73 Å². The maximum atomic E-state index is 13.6. The van der Waals surface area contributed by atoms with Gasteiger partial charge < -0.3 is 15.2 Å². The Morgan fingerprint density at radius 3 is 2.51 bits per heavy atom. The number of nitrogens with zero attached hydrogens (tertiary/aromatic N) is 3. The molecule has 5 rings (SSSR count). The lowest BCUT2D eigenvalue weighted by Crippen LogP contribution is -2.39. The predicted molar refractivity (Wildman–Crippen MR) is 154 cm³/mol. The van der Waals surface area contributed by atoms with E-state index in [9.17, 15) is 20.2 Å². The van der Waals surface area contributed by atoms with Crippen LogP contribution in [0.3, 0.4) is 0 Å². The summed E-state index contributed by atoms with van der Waals surface area (Å²) in [6, 6.07) is 19.7. The summed E-state index contributed by atoms with van der Waals surface area (Å²) >= 11 is 0. The third kappa shape index (κ3) is 5.12. The summed E-state index contributed by atoms with van der Waals surface area (Å²) in [5, 5.41) is 21.9. The van der Waals surface area contributed by atoms with Crippen LogP contribution in [0.1, 0.15) is 47.4 Å². The van der Waals surface area contributed by atoms with Crippen LogP contribution in [0.5, 0.6) is 11.5 Å². The van der Waals surface area contributed by atoms with Crippen LogP contribution in [0, 0.1) is 35.3 Å². The maximum Gasteiger partial charge on any atom is 0.271 e. The summed E-state index contributed by atoms with van der Waals surface area (Å²) in [5.41, 5.74) is 12.1. The van der Waals surface area contributed by atoms with Gasteiger partial charge in [0.2, 0.25) is 0 Å². The number of carbonyl (C=O) groups excluding carboxylic acids is 1. The van der Waals surface area contributed by atoms with E-state index in [4.69, 9.17) is 15.2 Å². The van der Waals surface area contributed by atoms with E-state index in [2.05, 4.69) is 6.07 Å². The van der Waals surface area contributed by atoms with E-state index in [1.807, 2.05) is 50.2 Å². The Hall–Kier alpha value is -5.10. The summed E-state index contributed by atoms with van der Waals surface area (Å²) < 4.78 is 11.3. The SMILES string of the molecule is COc1ccc(OCc2cc(C)cc(C3C(C#N)=C(N)N(c4cccc([N+](=O)[O-])c4)C4=C3C(=O)CCC4)c2C)cc1. The Morgan fingerprint density at radius 2 is 1.83 bits per heavy atom. The number of nitro benzene ring substituents is 1. The van der Waals surface area contributed by atoms with Gasteiger partial charge in [-0.25, -0.2) is 0 Å². The molecule has 1 aliphatic heterocycles. The number of ketones is 1. The molecular weight excluding hydrogens is 520 g/mol. The largest absolute Gasteiger partial charge is 0.497 e. The van der Waals surface area contributed by atoms with Crippen molar-refractivity contribution in [3.8, 4) is 17.6 Å². The van der Waals surface area contributed by atoms with Gasteiger partial charge in [-0.2, -0.15) is 5.26 Å². The topological polar surface area (TPSA) is 132 Å². The normalized spacial score (nSPS) is 16.8. The third-order valence-corrected chi connectivity index (χ3v) is 7.68. The number of ether oxygens (including phenoxy) is 2. The molecule has 9 heteroatoms. The molecule has 41 heavy (non-hydrogen) atoms. The van der Waals surface area contributed by atoms with E-state index in [-0.39, 0.29) is 22.9 Å². The number of anilines is 1. The number of carbonyl (C=O) groups is 1. The Kier molecular flexibility index (Phi) is 7.49. The number of hydrogen-bond acceptors (Lipinski definition) is 8. The predicted octanol–water partition coefficient (Wildman–Crippen LogP) is 6.10. The number of rotatable bonds is 7. The van der Waals surface area contributed by atoms with Crippen molar-refractivity contribution in [3.63, 3.8) is 0 Å². The average molecular weight is 551 g/mol. The number of methoxy groups -OCH3 is 1. The van der Waals surface area contributed by atoms with E-state index in [0.29, 0.717) is 48.6 Å². The molecular formula is C32H30N4O5. The summed E-state index contributed by atoms with van der Waals surface area (Å²) in [6.45, 7) is 4.22. The van der Waals surface area contributed by atoms with Gasteiger partial charge in [-0.15, -0.1) is 0 Å². The second-order valence-electron chi connectivity index (χ2n) is 10.2. The molecule has 1 unspecified atom stereocenters. The van der Waals surface area contributed by atoms with E-state index in [1.165, 1.54) is 12.1 Å². The molecule has 2 N–H and O–H groups in total. The monoisotopic (exact) mass is 550 g/mol. The van der Waals surface area contributed by atoms with Crippen molar-refractivity contribution >= 4 is 17.2 Å². The lowest BCUT2D eigenvalue weighted by molar-refractivity contribution is -0.384. The number of nitrogens with two attached hydrogens (primary N) is 1. The molecule has 3 aromatic rings. The van der Waals surface area contributed by atoms with Gasteiger partial charge in [0, 0.05) is 29.8 Å². The number of Topliss-reactive ketones (excluding diaryl/α,β-unsaturated/α-hetero) is 1. The average Bonchev–Trinajstić information content (AvgIpc) is 2.97. The molecule has 0 spiro atoms. The molecule has 1 atom stereocenters. The fraction of sp³-hybridized carbons (Fsp3) is 0.250. The van der Waals surface area contributed by atoms with Crippen molar-refractivity contribution in [2.45, 2.75) is 45.6 Å². The van der Waals surface area contributed by atoms with Gasteiger partial charge in [0.05, 0.1) is 35.3 Å². The van der Waals surface area contributed by atoms with Crippen LogP contribution < -0.4 is 20.1 Å². The van der Waals surface area contributed by atoms with E-state index in [0.717, 1.165) is 28.0 Å². The number of benzene rings is 3. The molecule has 208 valence electrons. The van der Waals surface area contributed by atoms with Crippen molar-refractivity contribution in [1.29, 1.82) is 5.26 Å². The summed E-state index contributed by atoms with van der Waals surface area (Å²) in [6.07, 6.45) is 1.53. The minimum Gasteiger partial charge on any atom is -0.497 e. The highest BCUT2D eigenvalue weighted by Gasteiger charge is 2.41. The zero-order chi connectivity index (χ0) is 29.3. The van der Waals surface area contributed by atoms with Crippen LogP contribution in [-0.2, 0) is 11.4 Å². The molecule has 1 aliphatic carbocycles. The van der Waals surface area contributed by atoms with Gasteiger partial charge in [0.15, 0.2) is 5.78 Å². The number of non-ortho nitro benzene ring substituents is 1. The van der Waals surface area contributed by atoms with Crippen LogP contribution in [0.2, 0.25) is 0 Å². The highest BCUT2D eigenvalue weighted by Crippen LogP contribution is 2.47. The van der Waals surface area contributed by atoms with Crippen molar-refractivity contribution < 1.29 is 19.2 Å². The quantitative estimate of drug-likeness (QED) is 0.276. The second kappa shape index (κ2) is 11.2. The fourth-order valence-corrected chi connectivity index (χ4v) is 5.68. The van der Waals surface area contributed by atoms with Crippen molar-refractivity contribution in [1.82, 2.24) is 0 Å². The van der Waals surface area contributed by atoms with Gasteiger partial charge in [0.25, 0.3) is 5.69 Å². The first-order valence-corrected chi connectivity index (χ1v) is 13.3. The van der Waals surface area contributed by atoms with Crippen LogP contribution in [-0.4, -0.2) is 17.8 Å². The molecule has 0 radical (unpaired) electrons. The first-order valence-electron chi connectivity index (χ1n) is 13.3. The van der Waals surface area contributed by atoms with E-state index < -0.39 is 10.8 Å². The maximum absolute atomic E-state index is 13.6. The number of aryl methyl sites for hydroxylation is 1. The Labute approximate surface area is 238 Å². The molecule has 0 saturated carbocycles. The van der Waals surface area contributed by atoms with E-state index >= 15 is 0 Å². The first-order chi connectivity index (χ1) is 19.7. The number of nitriles is 1. The first kappa shape index (κ1) is 27.5. The molecule has 1 heterocycles. The van der Waals surface area contributed by atoms with Crippen molar-refractivity contribution in [2.75, 3.05) is 12.0 Å². The molecule has 0 amide bonds. The summed E-state index contributed by atoms with van der Waals surface area (Å²) in [7, 11) is 1.61. The van der Waals surface area contributed by atoms with Crippen molar-refractivity contribution in [3.05, 3.63) is 116 Å². The Bertz CT molecular complexity index is 1650. The lowest BCUT2D eigenvalue weighted by Gasteiger charge is -2.40. The van der Waals surface area contributed by atoms with Gasteiger partial charge in [-0.1, -0.05) is 23.8 Å². The molecule has 0 fully saturated rings. The Balaban J connectivity index is 1.61. The van der Waals surface area contributed by atoms with Crippen LogP contribution in [0.15, 0.2) is 83.3 Å². The number of hydrogen-bond donors (Lipinski definition) is 1. The standard InChI is InChI=1S/C32H30N4O5/c1-19-14-21(18-41-25-12-10-24(40-3)11-13-25)20(2)26(15-19)30-27(17-33)32(34)35(28-8-5-9-29(37)31(28)30)22-6-4-7-23(16-22)36(38)39/h4,6-7,10-16,30H,5,8-9,18,34H2,1-3H3. The third-order valence-electron chi connectivity index (χ3n) is 7.68. The minimum absolute atomic E-state index is 0.0520. The van der Waals surface area contributed by atoms with Crippen LogP contribution in [0.4, 0.5) is 11.4 Å². The smallest absolute Gasteiger partial charge is 0.271 e. The highest BCUT2D eigenvalue weighted by atomic mass is 16.6. The zero-order valence-corrected chi connectivity index (χ0v) is 23.1. The summed E-state index contributed by atoms with van der Waals surface area (Å²) in [4.78, 5) is 26.2. The van der Waals surface area contributed by atoms with Gasteiger partial charge in [-0.3, -0.25) is 19.8 Å². The van der Waals surface area contributed by atoms with E-state index in [1.54, 1.807) is 24.1 Å². The van der Waals surface area contributed by atoms with Gasteiger partial charge in [-0.05, 0) is 73.7 Å². The zero-order valence-electron chi connectivity index (χ0n) is 23.1. The summed E-state index contributed by atoms with van der Waals surface area (Å²) in [5.74, 6) is 0.884. The number of allylic oxidation sites excluding steroid dienone is 3. The second-order valence-corrected chi connectivity index (χ2v) is 10.2. The molecule has 0 aromatic heterocycles. The fourth-order valence-electron chi connectivity index (χ4n) is 5.68. The molecule has 9 nitrogen and oxygen atoms in total. The molecule has 0 saturated heterocycles. The molecule has 2 aliphatic rings.